The highest BCUT2D eigenvalue weighted by Gasteiger charge is 2.18. The van der Waals surface area contributed by atoms with Crippen LogP contribution < -0.4 is 25.8 Å². The van der Waals surface area contributed by atoms with E-state index in [9.17, 15) is 9.59 Å². The van der Waals surface area contributed by atoms with Crippen LogP contribution in [0.2, 0.25) is 0 Å². The van der Waals surface area contributed by atoms with Crippen LogP contribution in [-0.4, -0.2) is 50.8 Å². The van der Waals surface area contributed by atoms with Gasteiger partial charge in [-0.3, -0.25) is 14.6 Å². The number of methoxy groups -OCH3 is 2. The van der Waals surface area contributed by atoms with Gasteiger partial charge in [0.25, 0.3) is 5.91 Å². The molecule has 9 heteroatoms. The van der Waals surface area contributed by atoms with Crippen LogP contribution in [0.15, 0.2) is 42.6 Å². The number of benzene rings is 2. The molecular weight excluding hydrogens is 436 g/mol. The largest absolute Gasteiger partial charge is 0.493 e. The van der Waals surface area contributed by atoms with E-state index in [4.69, 9.17) is 15.2 Å². The van der Waals surface area contributed by atoms with E-state index in [1.165, 1.54) is 13.3 Å². The molecule has 1 amide bonds. The number of ether oxygens (including phenoxy) is 3. The van der Waals surface area contributed by atoms with E-state index < -0.39 is 5.91 Å². The lowest BCUT2D eigenvalue weighted by atomic mass is 10.1. The van der Waals surface area contributed by atoms with Gasteiger partial charge in [0.1, 0.15) is 0 Å². The molecule has 0 aliphatic rings. The van der Waals surface area contributed by atoms with Gasteiger partial charge in [-0.1, -0.05) is 25.1 Å². The van der Waals surface area contributed by atoms with Crippen molar-refractivity contribution in [3.05, 3.63) is 53.7 Å². The summed E-state index contributed by atoms with van der Waals surface area (Å²) in [6.45, 7) is 3.18. The lowest BCUT2D eigenvalue weighted by Gasteiger charge is -2.17. The van der Waals surface area contributed by atoms with Gasteiger partial charge in [-0.15, -0.1) is 0 Å². The van der Waals surface area contributed by atoms with E-state index in [1.807, 2.05) is 24.3 Å². The Labute approximate surface area is 198 Å². The molecule has 0 aliphatic carbocycles. The van der Waals surface area contributed by atoms with Crippen molar-refractivity contribution in [3.8, 4) is 11.5 Å². The molecule has 1 heterocycles. The highest BCUT2D eigenvalue weighted by Crippen LogP contribution is 2.37. The van der Waals surface area contributed by atoms with Crippen molar-refractivity contribution in [2.75, 3.05) is 39.2 Å². The third-order valence-corrected chi connectivity index (χ3v) is 5.33. The maximum absolute atomic E-state index is 12.2. The number of carbonyl (C=O) groups is 2. The van der Waals surface area contributed by atoms with E-state index in [-0.39, 0.29) is 18.1 Å². The maximum Gasteiger partial charge on any atom is 0.319 e. The van der Waals surface area contributed by atoms with E-state index in [2.05, 4.69) is 27.3 Å². The Morgan fingerprint density at radius 3 is 2.62 bits per heavy atom. The average Bonchev–Trinajstić information content (AvgIpc) is 2.85. The number of hydrogen-bond donors (Lipinski definition) is 3. The molecule has 0 saturated carbocycles. The summed E-state index contributed by atoms with van der Waals surface area (Å²) in [7, 11) is 2.90. The number of nitrogens with zero attached hydrogens (tertiary/aromatic N) is 1. The minimum absolute atomic E-state index is 0.144. The normalized spacial score (nSPS) is 10.7. The van der Waals surface area contributed by atoms with Crippen molar-refractivity contribution < 1.29 is 23.8 Å². The van der Waals surface area contributed by atoms with Crippen molar-refractivity contribution >= 4 is 34.2 Å². The number of primary amides is 1. The van der Waals surface area contributed by atoms with Crippen molar-refractivity contribution in [1.29, 1.82) is 0 Å². The number of rotatable bonds is 12. The Morgan fingerprint density at radius 2 is 1.91 bits per heavy atom. The first-order chi connectivity index (χ1) is 16.5. The molecule has 0 bridgehead atoms. The fourth-order valence-corrected chi connectivity index (χ4v) is 3.52. The average molecular weight is 467 g/mol. The summed E-state index contributed by atoms with van der Waals surface area (Å²) in [6.07, 6.45) is 2.95. The first-order valence-electron chi connectivity index (χ1n) is 11.0. The van der Waals surface area contributed by atoms with Crippen molar-refractivity contribution in [2.45, 2.75) is 19.8 Å². The number of nitrogens with one attached hydrogen (secondary N) is 2. The second-order valence-electron chi connectivity index (χ2n) is 7.52. The quantitative estimate of drug-likeness (QED) is 0.275. The van der Waals surface area contributed by atoms with Crippen LogP contribution in [0.3, 0.4) is 0 Å². The van der Waals surface area contributed by atoms with Crippen LogP contribution in [0.4, 0.5) is 11.4 Å². The number of nitrogens with two attached hydrogens (primary N) is 1. The zero-order valence-corrected chi connectivity index (χ0v) is 19.6. The van der Waals surface area contributed by atoms with E-state index in [1.54, 1.807) is 19.2 Å². The predicted octanol–water partition coefficient (Wildman–Crippen LogP) is 3.18. The van der Waals surface area contributed by atoms with E-state index in [0.717, 1.165) is 17.7 Å². The summed E-state index contributed by atoms with van der Waals surface area (Å²) in [6, 6.07) is 11.5. The van der Waals surface area contributed by atoms with Gasteiger partial charge < -0.3 is 30.6 Å². The zero-order chi connectivity index (χ0) is 24.5. The van der Waals surface area contributed by atoms with Crippen molar-refractivity contribution in [2.24, 2.45) is 5.73 Å². The van der Waals surface area contributed by atoms with Crippen LogP contribution >= 0.6 is 0 Å². The molecule has 0 atom stereocenters. The Bertz CT molecular complexity index is 1170. The Hall–Kier alpha value is -3.85. The van der Waals surface area contributed by atoms with Crippen LogP contribution in [-0.2, 0) is 16.0 Å². The van der Waals surface area contributed by atoms with Gasteiger partial charge in [-0.2, -0.15) is 0 Å². The van der Waals surface area contributed by atoms with Gasteiger partial charge in [0.2, 0.25) is 0 Å². The third kappa shape index (κ3) is 5.93. The minimum Gasteiger partial charge on any atom is -0.493 e. The molecule has 2 aromatic carbocycles. The van der Waals surface area contributed by atoms with Crippen LogP contribution in [0.25, 0.3) is 10.9 Å². The number of amides is 1. The smallest absolute Gasteiger partial charge is 0.319 e. The number of aryl methyl sites for hydroxylation is 1. The van der Waals surface area contributed by atoms with Gasteiger partial charge in [0.05, 0.1) is 44.1 Å². The molecule has 3 rings (SSSR count). The first-order valence-corrected chi connectivity index (χ1v) is 11.0. The molecule has 0 saturated heterocycles. The van der Waals surface area contributed by atoms with Gasteiger partial charge in [-0.25, -0.2) is 0 Å². The maximum atomic E-state index is 12.2. The van der Waals surface area contributed by atoms with Crippen molar-refractivity contribution in [3.63, 3.8) is 0 Å². The molecule has 0 fully saturated rings. The molecule has 0 spiro atoms. The number of hydrogen-bond acceptors (Lipinski definition) is 8. The summed E-state index contributed by atoms with van der Waals surface area (Å²) < 4.78 is 16.1. The summed E-state index contributed by atoms with van der Waals surface area (Å²) in [5.74, 6) is 0.132. The van der Waals surface area contributed by atoms with Gasteiger partial charge >= 0.3 is 5.97 Å². The fraction of sp³-hybridized carbons (Fsp3) is 0.320. The topological polar surface area (TPSA) is 125 Å². The highest BCUT2D eigenvalue weighted by molar-refractivity contribution is 6.08. The van der Waals surface area contributed by atoms with Crippen molar-refractivity contribution in [1.82, 2.24) is 10.3 Å². The second-order valence-corrected chi connectivity index (χ2v) is 7.52. The molecule has 1 aromatic heterocycles. The van der Waals surface area contributed by atoms with Crippen LogP contribution in [0.5, 0.6) is 11.5 Å². The van der Waals surface area contributed by atoms with E-state index in [0.29, 0.717) is 47.7 Å². The predicted molar refractivity (Wildman–Crippen MR) is 131 cm³/mol. The van der Waals surface area contributed by atoms with Gasteiger partial charge in [-0.05, 0) is 37.1 Å². The molecule has 0 radical (unpaired) electrons. The number of carbonyl (C=O) groups excluding carboxylic acids is 2. The highest BCUT2D eigenvalue weighted by atomic mass is 16.5. The number of pyridine rings is 1. The number of anilines is 2. The number of esters is 1. The number of fused-ring (bicyclic) bond motifs is 1. The molecule has 9 nitrogen and oxygen atoms in total. The fourth-order valence-electron chi connectivity index (χ4n) is 3.52. The minimum atomic E-state index is -0.583. The molecule has 180 valence electrons. The number of para-hydroxylation sites is 1. The lowest BCUT2D eigenvalue weighted by Crippen LogP contribution is -2.25. The van der Waals surface area contributed by atoms with Gasteiger partial charge in [0, 0.05) is 23.3 Å². The molecule has 4 N–H and O–H groups in total. The summed E-state index contributed by atoms with van der Waals surface area (Å²) in [4.78, 5) is 27.8. The third-order valence-electron chi connectivity index (χ3n) is 5.33. The van der Waals surface area contributed by atoms with E-state index >= 15 is 0 Å². The second kappa shape index (κ2) is 11.9. The molecule has 34 heavy (non-hydrogen) atoms. The summed E-state index contributed by atoms with van der Waals surface area (Å²) in [5, 5.41) is 7.06. The molecular formula is C25H30N4O5. The van der Waals surface area contributed by atoms with Crippen LogP contribution in [0, 0.1) is 0 Å². The van der Waals surface area contributed by atoms with Gasteiger partial charge in [0.15, 0.2) is 11.5 Å². The van der Waals surface area contributed by atoms with Crippen LogP contribution in [0.1, 0.15) is 29.3 Å². The standard InChI is InChI=1S/C25H30N4O5/c1-4-16-8-5-6-9-19(16)29-24-17-12-22(34-11-7-10-27-15-23(30)33-3)21(32-2)13-20(17)28-14-18(24)25(26)31/h5-6,8-9,12-14,27H,4,7,10-11,15H2,1-3H3,(H2,26,31)(H,28,29). The SMILES string of the molecule is CCc1ccccc1Nc1c(C(N)=O)cnc2cc(OC)c(OCCCNCC(=O)OC)cc12. The Morgan fingerprint density at radius 1 is 1.12 bits per heavy atom. The Balaban J connectivity index is 1.91. The molecule has 0 unspecified atom stereocenters. The number of aromatic nitrogens is 1. The molecule has 0 aliphatic heterocycles. The summed E-state index contributed by atoms with van der Waals surface area (Å²) in [5.41, 5.74) is 9.13. The zero-order valence-electron chi connectivity index (χ0n) is 19.6. The lowest BCUT2D eigenvalue weighted by molar-refractivity contribution is -0.139. The monoisotopic (exact) mass is 466 g/mol. The first kappa shape index (κ1) is 24.8. The summed E-state index contributed by atoms with van der Waals surface area (Å²) >= 11 is 0. The molecule has 3 aromatic rings. The Kier molecular flexibility index (Phi) is 8.64.